The van der Waals surface area contributed by atoms with Crippen LogP contribution in [0.3, 0.4) is 0 Å². The maximum absolute atomic E-state index is 12.2. The minimum absolute atomic E-state index is 0.00886. The highest BCUT2D eigenvalue weighted by molar-refractivity contribution is 5.96. The summed E-state index contributed by atoms with van der Waals surface area (Å²) in [5, 5.41) is 7.59. The Morgan fingerprint density at radius 1 is 1.40 bits per heavy atom. The fourth-order valence-electron chi connectivity index (χ4n) is 3.29. The molecule has 0 aliphatic carbocycles. The number of carbonyl (C=O) groups excluding carboxylic acids is 1. The molecule has 1 amide bonds. The molecule has 0 saturated carbocycles. The third-order valence-corrected chi connectivity index (χ3v) is 4.48. The molecule has 0 spiro atoms. The number of pyridine rings is 1. The fourth-order valence-corrected chi connectivity index (χ4v) is 3.29. The van der Waals surface area contributed by atoms with E-state index < -0.39 is 0 Å². The van der Waals surface area contributed by atoms with Gasteiger partial charge in [-0.15, -0.1) is 0 Å². The van der Waals surface area contributed by atoms with Gasteiger partial charge >= 0.3 is 0 Å². The molecule has 25 heavy (non-hydrogen) atoms. The van der Waals surface area contributed by atoms with Crippen LogP contribution in [0.4, 0.5) is 5.82 Å². The van der Waals surface area contributed by atoms with Crippen LogP contribution >= 0.6 is 0 Å². The van der Waals surface area contributed by atoms with Crippen molar-refractivity contribution in [1.82, 2.24) is 14.8 Å². The summed E-state index contributed by atoms with van der Waals surface area (Å²) in [6, 6.07) is 7.62. The van der Waals surface area contributed by atoms with Gasteiger partial charge in [0.15, 0.2) is 0 Å². The number of amides is 1. The second-order valence-corrected chi connectivity index (χ2v) is 6.18. The number of aromatic nitrogens is 3. The number of fused-ring (bicyclic) bond motifs is 1. The summed E-state index contributed by atoms with van der Waals surface area (Å²) in [5.74, 6) is 1.45. The minimum atomic E-state index is -0.0576. The number of anilines is 1. The fraction of sp³-hybridized carbons (Fsp3) is 0.211. The monoisotopic (exact) mass is 334 g/mol. The van der Waals surface area contributed by atoms with Crippen molar-refractivity contribution < 1.29 is 9.21 Å². The van der Waals surface area contributed by atoms with E-state index in [1.807, 2.05) is 44.3 Å². The largest absolute Gasteiger partial charge is 0.465 e. The third-order valence-electron chi connectivity index (χ3n) is 4.48. The number of hydrogen-bond acceptors (Lipinski definition) is 4. The first-order chi connectivity index (χ1) is 12.1. The summed E-state index contributed by atoms with van der Waals surface area (Å²) in [7, 11) is 1.84. The summed E-state index contributed by atoms with van der Waals surface area (Å²) in [5.41, 5.74) is 3.87. The van der Waals surface area contributed by atoms with Crippen LogP contribution in [0.15, 0.2) is 52.9 Å². The topological polar surface area (TPSA) is 73.0 Å². The zero-order chi connectivity index (χ0) is 17.4. The zero-order valence-electron chi connectivity index (χ0n) is 14.1. The summed E-state index contributed by atoms with van der Waals surface area (Å²) in [6.45, 7) is 2.02. The molecule has 1 unspecified atom stereocenters. The van der Waals surface area contributed by atoms with Crippen molar-refractivity contribution in [1.29, 1.82) is 0 Å². The third kappa shape index (κ3) is 2.76. The number of rotatable bonds is 3. The predicted octanol–water partition coefficient (Wildman–Crippen LogP) is 3.60. The molecule has 1 atom stereocenters. The van der Waals surface area contributed by atoms with Crippen LogP contribution in [0, 0.1) is 0 Å². The van der Waals surface area contributed by atoms with Crippen LogP contribution < -0.4 is 5.32 Å². The lowest BCUT2D eigenvalue weighted by atomic mass is 9.84. The van der Waals surface area contributed by atoms with Crippen molar-refractivity contribution in [3.05, 3.63) is 59.8 Å². The second-order valence-electron chi connectivity index (χ2n) is 6.18. The van der Waals surface area contributed by atoms with E-state index >= 15 is 0 Å². The Balaban J connectivity index is 1.86. The number of allylic oxidation sites excluding steroid dienone is 1. The number of nitrogens with one attached hydrogen (secondary N) is 1. The summed E-state index contributed by atoms with van der Waals surface area (Å²) < 4.78 is 7.15. The van der Waals surface area contributed by atoms with Gasteiger partial charge in [-0.3, -0.25) is 14.5 Å². The zero-order valence-corrected chi connectivity index (χ0v) is 14.1. The molecule has 3 aromatic heterocycles. The Kier molecular flexibility index (Phi) is 3.72. The summed E-state index contributed by atoms with van der Waals surface area (Å²) in [6.07, 6.45) is 7.53. The number of nitrogens with zero attached hydrogens (tertiary/aromatic N) is 3. The van der Waals surface area contributed by atoms with Gasteiger partial charge in [-0.1, -0.05) is 5.57 Å². The average Bonchev–Trinajstić information content (AvgIpc) is 3.23. The highest BCUT2D eigenvalue weighted by atomic mass is 16.3. The SMILES string of the molecule is CC(=Cc1ccco1)C1CC(=O)Nc2c1c(-c1cccnc1)nn2C. The average molecular weight is 334 g/mol. The van der Waals surface area contributed by atoms with Crippen LogP contribution in [-0.2, 0) is 11.8 Å². The molecule has 1 aliphatic rings. The van der Waals surface area contributed by atoms with E-state index in [0.29, 0.717) is 6.42 Å². The molecule has 0 fully saturated rings. The molecule has 0 radical (unpaired) electrons. The number of furan rings is 1. The molecular weight excluding hydrogens is 316 g/mol. The lowest BCUT2D eigenvalue weighted by molar-refractivity contribution is -0.116. The molecule has 4 heterocycles. The number of hydrogen-bond donors (Lipinski definition) is 1. The van der Waals surface area contributed by atoms with E-state index in [-0.39, 0.29) is 11.8 Å². The van der Waals surface area contributed by atoms with Crippen molar-refractivity contribution in [2.24, 2.45) is 7.05 Å². The molecule has 6 nitrogen and oxygen atoms in total. The van der Waals surface area contributed by atoms with Crippen molar-refractivity contribution in [3.8, 4) is 11.3 Å². The molecular formula is C19H18N4O2. The second kappa shape index (κ2) is 6.05. The molecule has 4 rings (SSSR count). The first kappa shape index (κ1) is 15.4. The quantitative estimate of drug-likeness (QED) is 0.794. The van der Waals surface area contributed by atoms with E-state index in [9.17, 15) is 4.79 Å². The van der Waals surface area contributed by atoms with E-state index in [0.717, 1.165) is 34.0 Å². The van der Waals surface area contributed by atoms with E-state index in [1.54, 1.807) is 23.3 Å². The molecule has 0 saturated heterocycles. The van der Waals surface area contributed by atoms with E-state index in [2.05, 4.69) is 15.4 Å². The van der Waals surface area contributed by atoms with Crippen LogP contribution in [0.5, 0.6) is 0 Å². The van der Waals surface area contributed by atoms with E-state index in [1.165, 1.54) is 0 Å². The van der Waals surface area contributed by atoms with Gasteiger partial charge in [-0.25, -0.2) is 0 Å². The van der Waals surface area contributed by atoms with Gasteiger partial charge in [0, 0.05) is 42.9 Å². The van der Waals surface area contributed by atoms with Gasteiger partial charge in [0.05, 0.1) is 12.0 Å². The Bertz CT molecular complexity index is 939. The Labute approximate surface area is 145 Å². The Hall–Kier alpha value is -3.15. The Morgan fingerprint density at radius 2 is 2.28 bits per heavy atom. The van der Waals surface area contributed by atoms with Crippen LogP contribution in [0.25, 0.3) is 17.3 Å². The molecule has 3 aromatic rings. The van der Waals surface area contributed by atoms with Gasteiger partial charge in [0.25, 0.3) is 0 Å². The van der Waals surface area contributed by atoms with Gasteiger partial charge < -0.3 is 9.73 Å². The summed E-state index contributed by atoms with van der Waals surface area (Å²) in [4.78, 5) is 16.4. The Morgan fingerprint density at radius 3 is 3.00 bits per heavy atom. The van der Waals surface area contributed by atoms with Crippen LogP contribution in [0.2, 0.25) is 0 Å². The predicted molar refractivity (Wildman–Crippen MR) is 94.8 cm³/mol. The lowest BCUT2D eigenvalue weighted by Crippen LogP contribution is -2.24. The maximum Gasteiger partial charge on any atom is 0.226 e. The van der Waals surface area contributed by atoms with Crippen molar-refractivity contribution >= 4 is 17.8 Å². The van der Waals surface area contributed by atoms with Crippen LogP contribution in [0.1, 0.15) is 30.6 Å². The maximum atomic E-state index is 12.2. The van der Waals surface area contributed by atoms with Gasteiger partial charge in [-0.05, 0) is 37.3 Å². The first-order valence-electron chi connectivity index (χ1n) is 8.12. The first-order valence-corrected chi connectivity index (χ1v) is 8.12. The number of carbonyl (C=O) groups is 1. The molecule has 6 heteroatoms. The molecule has 0 aromatic carbocycles. The van der Waals surface area contributed by atoms with E-state index in [4.69, 9.17) is 4.42 Å². The lowest BCUT2D eigenvalue weighted by Gasteiger charge is -2.24. The normalized spacial score (nSPS) is 17.3. The molecule has 126 valence electrons. The van der Waals surface area contributed by atoms with Crippen LogP contribution in [-0.4, -0.2) is 20.7 Å². The minimum Gasteiger partial charge on any atom is -0.465 e. The molecule has 1 aliphatic heterocycles. The van der Waals surface area contributed by atoms with Crippen molar-refractivity contribution in [3.63, 3.8) is 0 Å². The summed E-state index contributed by atoms with van der Waals surface area (Å²) >= 11 is 0. The highest BCUT2D eigenvalue weighted by Crippen LogP contribution is 2.42. The van der Waals surface area contributed by atoms with Gasteiger partial charge in [0.1, 0.15) is 11.6 Å². The molecule has 1 N–H and O–H groups in total. The van der Waals surface area contributed by atoms with Crippen molar-refractivity contribution in [2.75, 3.05) is 5.32 Å². The number of aryl methyl sites for hydroxylation is 1. The standard InChI is InChI=1S/C19H18N4O2/c1-12(9-14-6-4-8-25-14)15-10-16(24)21-19-17(15)18(22-23(19)2)13-5-3-7-20-11-13/h3-9,11,15H,10H2,1-2H3,(H,21,24). The highest BCUT2D eigenvalue weighted by Gasteiger charge is 2.33. The van der Waals surface area contributed by atoms with Gasteiger partial charge in [0.2, 0.25) is 5.91 Å². The van der Waals surface area contributed by atoms with Crippen molar-refractivity contribution in [2.45, 2.75) is 19.3 Å². The smallest absolute Gasteiger partial charge is 0.226 e. The van der Waals surface area contributed by atoms with Gasteiger partial charge in [-0.2, -0.15) is 5.10 Å². The molecule has 0 bridgehead atoms.